The molecule has 5 heteroatoms. The maximum absolute atomic E-state index is 5.97. The average Bonchev–Trinajstić information content (AvgIpc) is 2.67. The summed E-state index contributed by atoms with van der Waals surface area (Å²) in [6.07, 6.45) is 2.07. The standard InChI is InChI=1S/C26H37N3OS/c1-6-30-23-15-11-10-14-21(23)19-29(18-20-12-8-7-9-13-20)24(31)27-22-16-25(2,3)28-26(4,5)17-22/h7-15,22,28H,6,16-19H2,1-5H3,(H,27,31). The second-order valence-electron chi connectivity index (χ2n) is 9.83. The number of piperidine rings is 1. The summed E-state index contributed by atoms with van der Waals surface area (Å²) in [5, 5.41) is 8.25. The lowest BCUT2D eigenvalue weighted by atomic mass is 9.80. The predicted octanol–water partition coefficient (Wildman–Crippen LogP) is 5.27. The molecule has 0 spiro atoms. The summed E-state index contributed by atoms with van der Waals surface area (Å²) in [7, 11) is 0. The number of nitrogens with one attached hydrogen (secondary N) is 2. The Labute approximate surface area is 193 Å². The quantitative estimate of drug-likeness (QED) is 0.575. The molecule has 168 valence electrons. The van der Waals surface area contributed by atoms with Crippen LogP contribution in [0, 0.1) is 0 Å². The van der Waals surface area contributed by atoms with Crippen molar-refractivity contribution < 1.29 is 4.74 Å². The monoisotopic (exact) mass is 439 g/mol. The number of ether oxygens (including phenoxy) is 1. The van der Waals surface area contributed by atoms with Gasteiger partial charge in [-0.15, -0.1) is 0 Å². The molecule has 3 rings (SSSR count). The molecule has 0 aliphatic carbocycles. The number of benzene rings is 2. The Morgan fingerprint density at radius 2 is 1.61 bits per heavy atom. The third-order valence-electron chi connectivity index (χ3n) is 5.65. The van der Waals surface area contributed by atoms with E-state index in [1.165, 1.54) is 5.56 Å². The highest BCUT2D eigenvalue weighted by atomic mass is 32.1. The van der Waals surface area contributed by atoms with Gasteiger partial charge in [0.15, 0.2) is 5.11 Å². The Balaban J connectivity index is 1.80. The van der Waals surface area contributed by atoms with Gasteiger partial charge in [-0.05, 0) is 71.3 Å². The van der Waals surface area contributed by atoms with Crippen molar-refractivity contribution in [1.82, 2.24) is 15.5 Å². The van der Waals surface area contributed by atoms with Crippen LogP contribution in [0.3, 0.4) is 0 Å². The lowest BCUT2D eigenvalue weighted by molar-refractivity contribution is 0.153. The van der Waals surface area contributed by atoms with E-state index < -0.39 is 0 Å². The summed E-state index contributed by atoms with van der Waals surface area (Å²) in [6.45, 7) is 13.2. The van der Waals surface area contributed by atoms with E-state index >= 15 is 0 Å². The molecule has 1 aliphatic rings. The topological polar surface area (TPSA) is 36.5 Å². The summed E-state index contributed by atoms with van der Waals surface area (Å²) < 4.78 is 5.87. The summed E-state index contributed by atoms with van der Waals surface area (Å²) in [5.74, 6) is 0.926. The molecule has 1 aliphatic heterocycles. The molecule has 1 saturated heterocycles. The summed E-state index contributed by atoms with van der Waals surface area (Å²) in [4.78, 5) is 2.25. The van der Waals surface area contributed by atoms with Crippen molar-refractivity contribution in [2.75, 3.05) is 6.61 Å². The Hall–Kier alpha value is -2.11. The minimum absolute atomic E-state index is 0.0703. The highest BCUT2D eigenvalue weighted by Gasteiger charge is 2.38. The van der Waals surface area contributed by atoms with Gasteiger partial charge < -0.3 is 20.3 Å². The Morgan fingerprint density at radius 1 is 1.00 bits per heavy atom. The summed E-state index contributed by atoms with van der Waals surface area (Å²) >= 11 is 5.97. The first-order chi connectivity index (χ1) is 14.7. The maximum Gasteiger partial charge on any atom is 0.169 e. The fraction of sp³-hybridized carbons (Fsp3) is 0.500. The molecular weight excluding hydrogens is 402 g/mol. The maximum atomic E-state index is 5.97. The molecule has 0 aromatic heterocycles. The van der Waals surface area contributed by atoms with Crippen LogP contribution < -0.4 is 15.4 Å². The molecule has 2 aromatic carbocycles. The van der Waals surface area contributed by atoms with Crippen LogP contribution in [0.15, 0.2) is 54.6 Å². The third kappa shape index (κ3) is 6.94. The average molecular weight is 440 g/mol. The van der Waals surface area contributed by atoms with E-state index in [1.807, 2.05) is 25.1 Å². The van der Waals surface area contributed by atoms with E-state index in [4.69, 9.17) is 17.0 Å². The lowest BCUT2D eigenvalue weighted by Crippen LogP contribution is -2.62. The highest BCUT2D eigenvalue weighted by Crippen LogP contribution is 2.29. The van der Waals surface area contributed by atoms with Crippen molar-refractivity contribution in [1.29, 1.82) is 0 Å². The Bertz CT molecular complexity index is 850. The van der Waals surface area contributed by atoms with E-state index in [1.54, 1.807) is 0 Å². The highest BCUT2D eigenvalue weighted by molar-refractivity contribution is 7.80. The van der Waals surface area contributed by atoms with Gasteiger partial charge in [0.05, 0.1) is 6.61 Å². The predicted molar refractivity (Wildman–Crippen MR) is 133 cm³/mol. The third-order valence-corrected chi connectivity index (χ3v) is 6.03. The van der Waals surface area contributed by atoms with Crippen LogP contribution in [0.25, 0.3) is 0 Å². The fourth-order valence-electron chi connectivity index (χ4n) is 4.83. The zero-order valence-electron chi connectivity index (χ0n) is 19.6. The van der Waals surface area contributed by atoms with Gasteiger partial charge in [0, 0.05) is 35.8 Å². The van der Waals surface area contributed by atoms with Crippen LogP contribution in [0.2, 0.25) is 0 Å². The molecule has 0 unspecified atom stereocenters. The first kappa shape index (κ1) is 23.6. The number of thiocarbonyl (C=S) groups is 1. The van der Waals surface area contributed by atoms with Crippen LogP contribution >= 0.6 is 12.2 Å². The van der Waals surface area contributed by atoms with Crippen molar-refractivity contribution in [3.8, 4) is 5.75 Å². The van der Waals surface area contributed by atoms with Gasteiger partial charge in [-0.3, -0.25) is 0 Å². The number of hydrogen-bond donors (Lipinski definition) is 2. The van der Waals surface area contributed by atoms with Gasteiger partial charge in [0.2, 0.25) is 0 Å². The van der Waals surface area contributed by atoms with Gasteiger partial charge in [-0.2, -0.15) is 0 Å². The number of para-hydroxylation sites is 1. The molecule has 2 N–H and O–H groups in total. The zero-order chi connectivity index (χ0) is 22.5. The molecule has 0 bridgehead atoms. The van der Waals surface area contributed by atoms with Crippen molar-refractivity contribution >= 4 is 17.3 Å². The largest absolute Gasteiger partial charge is 0.494 e. The Kier molecular flexibility index (Phi) is 7.60. The van der Waals surface area contributed by atoms with Crippen LogP contribution in [0.1, 0.15) is 58.6 Å². The van der Waals surface area contributed by atoms with Crippen molar-refractivity contribution in [3.05, 3.63) is 65.7 Å². The van der Waals surface area contributed by atoms with Crippen molar-refractivity contribution in [3.63, 3.8) is 0 Å². The molecule has 0 amide bonds. The van der Waals surface area contributed by atoms with Gasteiger partial charge >= 0.3 is 0 Å². The minimum atomic E-state index is 0.0703. The smallest absolute Gasteiger partial charge is 0.169 e. The number of hydrogen-bond acceptors (Lipinski definition) is 3. The second-order valence-corrected chi connectivity index (χ2v) is 10.2. The second kappa shape index (κ2) is 10.0. The first-order valence-electron chi connectivity index (χ1n) is 11.3. The summed E-state index contributed by atoms with van der Waals surface area (Å²) in [6, 6.07) is 19.1. The Morgan fingerprint density at radius 3 is 2.26 bits per heavy atom. The van der Waals surface area contributed by atoms with Gasteiger partial charge in [-0.25, -0.2) is 0 Å². The van der Waals surface area contributed by atoms with Gasteiger partial charge in [0.25, 0.3) is 0 Å². The minimum Gasteiger partial charge on any atom is -0.494 e. The zero-order valence-corrected chi connectivity index (χ0v) is 20.4. The van der Waals surface area contributed by atoms with E-state index in [0.29, 0.717) is 19.2 Å². The molecule has 1 fully saturated rings. The molecule has 0 radical (unpaired) electrons. The molecule has 0 atom stereocenters. The molecule has 31 heavy (non-hydrogen) atoms. The number of nitrogens with zero attached hydrogens (tertiary/aromatic N) is 1. The lowest BCUT2D eigenvalue weighted by Gasteiger charge is -2.47. The normalized spacial score (nSPS) is 17.7. The fourth-order valence-corrected chi connectivity index (χ4v) is 5.13. The SMILES string of the molecule is CCOc1ccccc1CN(Cc1ccccc1)C(=S)NC1CC(C)(C)NC(C)(C)C1. The van der Waals surface area contributed by atoms with Crippen LogP contribution in [0.5, 0.6) is 5.75 Å². The molecule has 2 aromatic rings. The molecular formula is C26H37N3OS. The van der Waals surface area contributed by atoms with Crippen LogP contribution in [-0.4, -0.2) is 33.7 Å². The van der Waals surface area contributed by atoms with Gasteiger partial charge in [0.1, 0.15) is 5.75 Å². The van der Waals surface area contributed by atoms with Crippen LogP contribution in [-0.2, 0) is 13.1 Å². The van der Waals surface area contributed by atoms with Crippen molar-refractivity contribution in [2.45, 2.75) is 77.7 Å². The van der Waals surface area contributed by atoms with Crippen molar-refractivity contribution in [2.24, 2.45) is 0 Å². The first-order valence-corrected chi connectivity index (χ1v) is 11.7. The summed E-state index contributed by atoms with van der Waals surface area (Å²) in [5.41, 5.74) is 2.53. The molecule has 1 heterocycles. The van der Waals surface area contributed by atoms with E-state index in [9.17, 15) is 0 Å². The van der Waals surface area contributed by atoms with E-state index in [0.717, 1.165) is 35.8 Å². The molecule has 0 saturated carbocycles. The van der Waals surface area contributed by atoms with Gasteiger partial charge in [-0.1, -0.05) is 48.5 Å². The molecule has 4 nitrogen and oxygen atoms in total. The van der Waals surface area contributed by atoms with E-state index in [2.05, 4.69) is 79.6 Å². The number of rotatable bonds is 7. The van der Waals surface area contributed by atoms with Crippen LogP contribution in [0.4, 0.5) is 0 Å². The van der Waals surface area contributed by atoms with E-state index in [-0.39, 0.29) is 11.1 Å².